The van der Waals surface area contributed by atoms with Crippen molar-refractivity contribution in [2.24, 2.45) is 5.16 Å². The number of hydrogen-bond donors (Lipinski definition) is 2. The number of H-pyrrole nitrogens is 1. The van der Waals surface area contributed by atoms with Crippen molar-refractivity contribution in [3.8, 4) is 0 Å². The van der Waals surface area contributed by atoms with Crippen LogP contribution in [0.15, 0.2) is 17.8 Å². The van der Waals surface area contributed by atoms with Gasteiger partial charge >= 0.3 is 0 Å². The summed E-state index contributed by atoms with van der Waals surface area (Å²) < 4.78 is 0. The van der Waals surface area contributed by atoms with Crippen molar-refractivity contribution in [2.45, 2.75) is 12.8 Å². The van der Waals surface area contributed by atoms with E-state index in [4.69, 9.17) is 5.21 Å². The summed E-state index contributed by atoms with van der Waals surface area (Å²) >= 11 is 0. The van der Waals surface area contributed by atoms with Crippen molar-refractivity contribution in [3.63, 3.8) is 0 Å². The number of piperidine rings is 1. The van der Waals surface area contributed by atoms with Crippen LogP contribution in [0.25, 0.3) is 11.2 Å². The van der Waals surface area contributed by atoms with Crippen molar-refractivity contribution in [1.29, 1.82) is 0 Å². The number of rotatable bonds is 1. The molecule has 2 N–H and O–H groups in total. The zero-order chi connectivity index (χ0) is 11.7. The van der Waals surface area contributed by atoms with E-state index >= 15 is 0 Å². The number of oxime groups is 1. The first-order chi connectivity index (χ1) is 8.38. The van der Waals surface area contributed by atoms with Crippen LogP contribution < -0.4 is 4.90 Å². The monoisotopic (exact) mass is 232 g/mol. The summed E-state index contributed by atoms with van der Waals surface area (Å²) in [5.74, 6) is 0.865. The van der Waals surface area contributed by atoms with Crippen LogP contribution in [-0.4, -0.2) is 43.9 Å². The Bertz CT molecular complexity index is 553. The molecule has 1 saturated heterocycles. The first-order valence-electron chi connectivity index (χ1n) is 5.47. The summed E-state index contributed by atoms with van der Waals surface area (Å²) in [7, 11) is 0. The summed E-state index contributed by atoms with van der Waals surface area (Å²) in [6.07, 6.45) is 4.66. The van der Waals surface area contributed by atoms with Crippen LogP contribution in [-0.2, 0) is 0 Å². The van der Waals surface area contributed by atoms with Gasteiger partial charge in [0.05, 0.1) is 12.0 Å². The minimum Gasteiger partial charge on any atom is -0.411 e. The summed E-state index contributed by atoms with van der Waals surface area (Å²) in [4.78, 5) is 17.7. The van der Waals surface area contributed by atoms with Gasteiger partial charge in [0.15, 0.2) is 11.5 Å². The van der Waals surface area contributed by atoms with E-state index in [2.05, 4.69) is 30.0 Å². The van der Waals surface area contributed by atoms with Crippen LogP contribution in [0.2, 0.25) is 0 Å². The van der Waals surface area contributed by atoms with E-state index in [0.717, 1.165) is 43.0 Å². The van der Waals surface area contributed by atoms with Crippen molar-refractivity contribution in [1.82, 2.24) is 19.9 Å². The van der Waals surface area contributed by atoms with Crippen LogP contribution in [0.5, 0.6) is 0 Å². The molecule has 0 saturated carbocycles. The molecule has 88 valence electrons. The smallest absolute Gasteiger partial charge is 0.182 e. The third-order valence-electron chi connectivity index (χ3n) is 2.98. The second-order valence-electron chi connectivity index (χ2n) is 3.95. The Labute approximate surface area is 97.2 Å². The van der Waals surface area contributed by atoms with E-state index in [1.165, 1.54) is 6.33 Å². The fourth-order valence-corrected chi connectivity index (χ4v) is 2.07. The van der Waals surface area contributed by atoms with Crippen LogP contribution >= 0.6 is 0 Å². The number of aromatic amines is 1. The van der Waals surface area contributed by atoms with Gasteiger partial charge in [0.1, 0.15) is 11.8 Å². The number of nitrogens with one attached hydrogen (secondary N) is 1. The van der Waals surface area contributed by atoms with Crippen LogP contribution in [0, 0.1) is 0 Å². The number of anilines is 1. The summed E-state index contributed by atoms with van der Waals surface area (Å²) in [6, 6.07) is 0. The molecule has 0 aromatic carbocycles. The molecular weight excluding hydrogens is 220 g/mol. The molecule has 0 aliphatic carbocycles. The van der Waals surface area contributed by atoms with Crippen LogP contribution in [0.3, 0.4) is 0 Å². The van der Waals surface area contributed by atoms with E-state index in [0.29, 0.717) is 5.65 Å². The molecule has 2 aromatic rings. The number of hydrogen-bond acceptors (Lipinski definition) is 6. The number of nitrogens with zero attached hydrogens (tertiary/aromatic N) is 5. The van der Waals surface area contributed by atoms with Gasteiger partial charge in [-0.2, -0.15) is 0 Å². The van der Waals surface area contributed by atoms with Gasteiger partial charge in [0, 0.05) is 25.9 Å². The normalized spacial score (nSPS) is 16.5. The Kier molecular flexibility index (Phi) is 2.36. The Morgan fingerprint density at radius 1 is 1.24 bits per heavy atom. The van der Waals surface area contributed by atoms with Gasteiger partial charge in [-0.05, 0) is 0 Å². The van der Waals surface area contributed by atoms with Crippen molar-refractivity contribution >= 4 is 22.7 Å². The molecule has 7 heteroatoms. The molecule has 0 unspecified atom stereocenters. The highest BCUT2D eigenvalue weighted by atomic mass is 16.4. The molecule has 0 amide bonds. The summed E-state index contributed by atoms with van der Waals surface area (Å²) in [5.41, 5.74) is 2.38. The Balaban J connectivity index is 1.92. The van der Waals surface area contributed by atoms with E-state index in [-0.39, 0.29) is 0 Å². The molecule has 0 radical (unpaired) electrons. The average molecular weight is 232 g/mol. The Morgan fingerprint density at radius 3 is 2.82 bits per heavy atom. The molecule has 0 bridgehead atoms. The van der Waals surface area contributed by atoms with Gasteiger partial charge < -0.3 is 15.1 Å². The largest absolute Gasteiger partial charge is 0.411 e. The zero-order valence-electron chi connectivity index (χ0n) is 9.17. The lowest BCUT2D eigenvalue weighted by Crippen LogP contribution is -2.34. The van der Waals surface area contributed by atoms with Gasteiger partial charge in [0.25, 0.3) is 0 Å². The standard InChI is InChI=1S/C10H12N6O/c17-15-7-1-3-16(4-2-7)10-8-9(12-5-11-8)13-6-14-10/h5-6,17H,1-4H2,(H,11,12,13,14). The van der Waals surface area contributed by atoms with Gasteiger partial charge in [-0.1, -0.05) is 5.16 Å². The third-order valence-corrected chi connectivity index (χ3v) is 2.98. The summed E-state index contributed by atoms with van der Waals surface area (Å²) in [5, 5.41) is 12.0. The van der Waals surface area contributed by atoms with E-state index in [9.17, 15) is 0 Å². The average Bonchev–Trinajstić information content (AvgIpc) is 2.87. The Hall–Kier alpha value is -2.18. The fourth-order valence-electron chi connectivity index (χ4n) is 2.07. The molecule has 0 atom stereocenters. The maximum absolute atomic E-state index is 8.71. The molecule has 3 heterocycles. The van der Waals surface area contributed by atoms with Gasteiger partial charge in [0.2, 0.25) is 0 Å². The fraction of sp³-hybridized carbons (Fsp3) is 0.400. The highest BCUT2D eigenvalue weighted by Gasteiger charge is 2.19. The van der Waals surface area contributed by atoms with Gasteiger partial charge in [-0.3, -0.25) is 0 Å². The molecule has 2 aromatic heterocycles. The minimum atomic E-state index is 0.677. The molecule has 1 fully saturated rings. The van der Waals surface area contributed by atoms with Crippen molar-refractivity contribution in [3.05, 3.63) is 12.7 Å². The zero-order valence-corrected chi connectivity index (χ0v) is 9.17. The molecule has 3 rings (SSSR count). The SMILES string of the molecule is ON=C1CCN(c2ncnc3nc[nH]c23)CC1. The van der Waals surface area contributed by atoms with E-state index in [1.54, 1.807) is 6.33 Å². The first kappa shape index (κ1) is 10.0. The quantitative estimate of drug-likeness (QED) is 0.560. The topological polar surface area (TPSA) is 90.3 Å². The predicted molar refractivity (Wildman–Crippen MR) is 62.4 cm³/mol. The maximum atomic E-state index is 8.71. The molecule has 7 nitrogen and oxygen atoms in total. The van der Waals surface area contributed by atoms with Gasteiger partial charge in [-0.15, -0.1) is 0 Å². The number of fused-ring (bicyclic) bond motifs is 1. The molecular formula is C10H12N6O. The molecule has 1 aliphatic rings. The lowest BCUT2D eigenvalue weighted by Gasteiger charge is -2.28. The maximum Gasteiger partial charge on any atom is 0.182 e. The lowest BCUT2D eigenvalue weighted by molar-refractivity contribution is 0.315. The number of aromatic nitrogens is 4. The minimum absolute atomic E-state index is 0.677. The predicted octanol–water partition coefficient (Wildman–Crippen LogP) is 0.783. The van der Waals surface area contributed by atoms with E-state index < -0.39 is 0 Å². The highest BCUT2D eigenvalue weighted by molar-refractivity contribution is 5.88. The van der Waals surface area contributed by atoms with Crippen LogP contribution in [0.1, 0.15) is 12.8 Å². The number of imidazole rings is 1. The lowest BCUT2D eigenvalue weighted by atomic mass is 10.1. The van der Waals surface area contributed by atoms with Crippen LogP contribution in [0.4, 0.5) is 5.82 Å². The Morgan fingerprint density at radius 2 is 2.06 bits per heavy atom. The van der Waals surface area contributed by atoms with Crippen molar-refractivity contribution in [2.75, 3.05) is 18.0 Å². The van der Waals surface area contributed by atoms with E-state index in [1.807, 2.05) is 0 Å². The third kappa shape index (κ3) is 1.69. The first-order valence-corrected chi connectivity index (χ1v) is 5.47. The molecule has 0 spiro atoms. The summed E-state index contributed by atoms with van der Waals surface area (Å²) in [6.45, 7) is 1.59. The molecule has 1 aliphatic heterocycles. The molecule has 17 heavy (non-hydrogen) atoms. The van der Waals surface area contributed by atoms with Gasteiger partial charge in [-0.25, -0.2) is 15.0 Å². The second-order valence-corrected chi connectivity index (χ2v) is 3.95. The highest BCUT2D eigenvalue weighted by Crippen LogP contribution is 2.22. The second kappa shape index (κ2) is 4.00. The van der Waals surface area contributed by atoms with Crippen molar-refractivity contribution < 1.29 is 5.21 Å².